The zero-order chi connectivity index (χ0) is 20.6. The average Bonchev–Trinajstić information content (AvgIpc) is 2.68. The molecule has 1 aromatic heterocycles. The van der Waals surface area contributed by atoms with Crippen LogP contribution < -0.4 is 4.74 Å². The molecule has 0 spiro atoms. The third kappa shape index (κ3) is 5.21. The predicted octanol–water partition coefficient (Wildman–Crippen LogP) is 2.76. The minimum Gasteiger partial charge on any atom is -0.493 e. The van der Waals surface area contributed by atoms with E-state index in [0.717, 1.165) is 37.1 Å². The molecule has 2 atom stereocenters. The molecule has 1 aliphatic heterocycles. The Morgan fingerprint density at radius 3 is 2.79 bits per heavy atom. The summed E-state index contributed by atoms with van der Waals surface area (Å²) in [6, 6.07) is 3.47. The van der Waals surface area contributed by atoms with Crippen molar-refractivity contribution in [2.24, 2.45) is 5.92 Å². The van der Waals surface area contributed by atoms with Gasteiger partial charge in [0.2, 0.25) is 0 Å². The second-order valence-corrected chi connectivity index (χ2v) is 7.72. The van der Waals surface area contributed by atoms with Gasteiger partial charge in [0.15, 0.2) is 5.60 Å². The summed E-state index contributed by atoms with van der Waals surface area (Å²) in [5.41, 5.74) is -0.347. The molecule has 158 valence electrons. The Morgan fingerprint density at radius 2 is 2.14 bits per heavy atom. The number of pyridine rings is 1. The molecular weight excluding hydrogens is 360 g/mol. The number of amides is 1. The number of nitrogens with zero attached hydrogens (tertiary/aromatic N) is 2. The van der Waals surface area contributed by atoms with Crippen LogP contribution in [0, 0.1) is 5.92 Å². The minimum atomic E-state index is -1.07. The molecule has 0 radical (unpaired) electrons. The van der Waals surface area contributed by atoms with Crippen molar-refractivity contribution in [1.82, 2.24) is 9.88 Å². The van der Waals surface area contributed by atoms with Crippen molar-refractivity contribution in [2.75, 3.05) is 27.2 Å². The van der Waals surface area contributed by atoms with Crippen LogP contribution in [0.25, 0.3) is 0 Å². The van der Waals surface area contributed by atoms with E-state index in [2.05, 4.69) is 25.8 Å². The Balaban J connectivity index is 2.18. The number of aliphatic hydroxyl groups is 1. The van der Waals surface area contributed by atoms with E-state index in [1.807, 2.05) is 12.1 Å². The van der Waals surface area contributed by atoms with Crippen LogP contribution in [-0.4, -0.2) is 59.8 Å². The molecule has 2 rings (SSSR count). The molecule has 1 amide bonds. The maximum absolute atomic E-state index is 12.9. The lowest BCUT2D eigenvalue weighted by molar-refractivity contribution is -0.233. The number of β-lactam (4-membered cyclic amide) rings is 1. The summed E-state index contributed by atoms with van der Waals surface area (Å²) in [6.45, 7) is 6.68. The fourth-order valence-corrected chi connectivity index (χ4v) is 3.66. The van der Waals surface area contributed by atoms with Crippen molar-refractivity contribution in [3.63, 3.8) is 0 Å². The summed E-state index contributed by atoms with van der Waals surface area (Å²) < 4.78 is 16.8. The minimum absolute atomic E-state index is 0.00676. The number of rotatable bonds is 13. The van der Waals surface area contributed by atoms with Crippen LogP contribution in [0.2, 0.25) is 0 Å². The topological polar surface area (TPSA) is 81.1 Å². The summed E-state index contributed by atoms with van der Waals surface area (Å²) in [5, 5.41) is 9.63. The van der Waals surface area contributed by atoms with Gasteiger partial charge < -0.3 is 24.2 Å². The van der Waals surface area contributed by atoms with Gasteiger partial charge in [0.25, 0.3) is 5.91 Å². The van der Waals surface area contributed by atoms with Crippen LogP contribution in [0.4, 0.5) is 0 Å². The first-order valence-electron chi connectivity index (χ1n) is 10.1. The van der Waals surface area contributed by atoms with Gasteiger partial charge in [0, 0.05) is 31.5 Å². The van der Waals surface area contributed by atoms with Gasteiger partial charge in [-0.1, -0.05) is 33.6 Å². The van der Waals surface area contributed by atoms with Gasteiger partial charge in [-0.3, -0.25) is 9.78 Å². The van der Waals surface area contributed by atoms with E-state index < -0.39 is 5.60 Å². The van der Waals surface area contributed by atoms with Crippen molar-refractivity contribution in [2.45, 2.75) is 64.5 Å². The number of carbonyl (C=O) groups excluding carboxylic acids is 1. The van der Waals surface area contributed by atoms with E-state index in [-0.39, 0.29) is 25.5 Å². The number of hydrogen-bond acceptors (Lipinski definition) is 6. The average molecular weight is 395 g/mol. The molecule has 2 unspecified atom stereocenters. The lowest BCUT2D eigenvalue weighted by atomic mass is 9.75. The number of ether oxygens (including phenoxy) is 3. The maximum atomic E-state index is 12.9. The molecule has 7 heteroatoms. The largest absolute Gasteiger partial charge is 0.493 e. The Morgan fingerprint density at radius 1 is 1.36 bits per heavy atom. The molecule has 1 aromatic rings. The molecule has 0 saturated carbocycles. The predicted molar refractivity (Wildman–Crippen MR) is 106 cm³/mol. The zero-order valence-corrected chi connectivity index (χ0v) is 17.5. The van der Waals surface area contributed by atoms with Crippen LogP contribution in [-0.2, 0) is 20.7 Å². The molecule has 1 fully saturated rings. The van der Waals surface area contributed by atoms with Gasteiger partial charge in [-0.15, -0.1) is 0 Å². The molecule has 1 saturated heterocycles. The quantitative estimate of drug-likeness (QED) is 0.315. The highest BCUT2D eigenvalue weighted by Crippen LogP contribution is 2.40. The first-order chi connectivity index (χ1) is 13.5. The van der Waals surface area contributed by atoms with Gasteiger partial charge in [0.1, 0.15) is 19.3 Å². The lowest BCUT2D eigenvalue weighted by Crippen LogP contribution is -2.76. The van der Waals surface area contributed by atoms with Crippen molar-refractivity contribution in [3.8, 4) is 5.75 Å². The number of methoxy groups -OCH3 is 1. The zero-order valence-electron chi connectivity index (χ0n) is 17.5. The van der Waals surface area contributed by atoms with Gasteiger partial charge in [-0.05, 0) is 24.8 Å². The first-order valence-corrected chi connectivity index (χ1v) is 10.1. The summed E-state index contributed by atoms with van der Waals surface area (Å²) >= 11 is 0. The Labute approximate surface area is 168 Å². The fourth-order valence-electron chi connectivity index (χ4n) is 3.66. The van der Waals surface area contributed by atoms with E-state index in [1.54, 1.807) is 6.20 Å². The molecule has 0 aromatic carbocycles. The molecule has 0 aliphatic carbocycles. The number of likely N-dealkylation sites (tertiary alicyclic amines) is 1. The van der Waals surface area contributed by atoms with Gasteiger partial charge >= 0.3 is 0 Å². The fraction of sp³-hybridized carbons (Fsp3) is 0.714. The smallest absolute Gasteiger partial charge is 0.259 e. The van der Waals surface area contributed by atoms with E-state index in [1.165, 1.54) is 12.0 Å². The number of carbonyl (C=O) groups is 1. The molecule has 7 nitrogen and oxygen atoms in total. The number of aromatic nitrogens is 1. The number of aliphatic hydroxyl groups excluding tert-OH is 1. The second-order valence-electron chi connectivity index (χ2n) is 7.72. The summed E-state index contributed by atoms with van der Waals surface area (Å²) in [5.74, 6) is 0.863. The maximum Gasteiger partial charge on any atom is 0.259 e. The van der Waals surface area contributed by atoms with Crippen LogP contribution in [0.3, 0.4) is 0 Å². The Hall–Kier alpha value is -1.70. The Bertz CT molecular complexity index is 625. The first kappa shape index (κ1) is 22.6. The monoisotopic (exact) mass is 394 g/mol. The highest BCUT2D eigenvalue weighted by Gasteiger charge is 2.61. The van der Waals surface area contributed by atoms with Crippen molar-refractivity contribution < 1.29 is 24.1 Å². The summed E-state index contributed by atoms with van der Waals surface area (Å²) in [6.07, 6.45) is 6.02. The van der Waals surface area contributed by atoms with Crippen molar-refractivity contribution >= 4 is 5.91 Å². The highest BCUT2D eigenvalue weighted by molar-refractivity contribution is 5.93. The Kier molecular flexibility index (Phi) is 8.66. The third-order valence-electron chi connectivity index (χ3n) is 5.07. The van der Waals surface area contributed by atoms with Crippen LogP contribution in [0.5, 0.6) is 5.75 Å². The van der Waals surface area contributed by atoms with Crippen LogP contribution in [0.15, 0.2) is 18.3 Å². The van der Waals surface area contributed by atoms with E-state index in [0.29, 0.717) is 18.9 Å². The summed E-state index contributed by atoms with van der Waals surface area (Å²) in [4.78, 5) is 18.8. The van der Waals surface area contributed by atoms with E-state index >= 15 is 0 Å². The van der Waals surface area contributed by atoms with Gasteiger partial charge in [0.05, 0.1) is 12.6 Å². The molecule has 1 aliphatic rings. The molecule has 2 heterocycles. The van der Waals surface area contributed by atoms with Crippen LogP contribution in [0.1, 0.15) is 52.1 Å². The standard InChI is InChI=1S/C21H34N2O5/c1-5-6-7-10-27-18-8-9-22-17(12-18)13-21(28-15-26-4)19(11-16(2)3)23(14-24)20(21)25/h8-9,12,16,19,24H,5-7,10-11,13-15H2,1-4H3. The van der Waals surface area contributed by atoms with Gasteiger partial charge in [-0.2, -0.15) is 0 Å². The lowest BCUT2D eigenvalue weighted by Gasteiger charge is -2.55. The third-order valence-corrected chi connectivity index (χ3v) is 5.07. The van der Waals surface area contributed by atoms with E-state index in [9.17, 15) is 9.90 Å². The highest BCUT2D eigenvalue weighted by atomic mass is 16.7. The SMILES string of the molecule is CCCCCOc1ccnc(CC2(OCOC)C(=O)N(CO)C2CC(C)C)c1. The molecule has 1 N–H and O–H groups in total. The van der Waals surface area contributed by atoms with E-state index in [4.69, 9.17) is 14.2 Å². The normalized spacial score (nSPS) is 21.9. The molecular formula is C21H34N2O5. The number of hydrogen-bond donors (Lipinski definition) is 1. The van der Waals surface area contributed by atoms with Crippen LogP contribution >= 0.6 is 0 Å². The number of unbranched alkanes of at least 4 members (excludes halogenated alkanes) is 2. The molecule has 0 bridgehead atoms. The molecule has 28 heavy (non-hydrogen) atoms. The van der Waals surface area contributed by atoms with Gasteiger partial charge in [-0.25, -0.2) is 0 Å². The van der Waals surface area contributed by atoms with Crippen molar-refractivity contribution in [1.29, 1.82) is 0 Å². The summed E-state index contributed by atoms with van der Waals surface area (Å²) in [7, 11) is 1.53. The van der Waals surface area contributed by atoms with Crippen molar-refractivity contribution in [3.05, 3.63) is 24.0 Å². The second kappa shape index (κ2) is 10.7.